The van der Waals surface area contributed by atoms with Crippen molar-refractivity contribution in [2.75, 3.05) is 26.2 Å². The maximum absolute atomic E-state index is 10.6. The number of alkyl halides is 9. The highest BCUT2D eigenvalue weighted by Gasteiger charge is 2.47. The number of furan rings is 1. The van der Waals surface area contributed by atoms with Crippen molar-refractivity contribution in [3.05, 3.63) is 54.2 Å². The van der Waals surface area contributed by atoms with Crippen molar-refractivity contribution >= 4 is 17.9 Å². The van der Waals surface area contributed by atoms with Crippen LogP contribution in [0.2, 0.25) is 0 Å². The van der Waals surface area contributed by atoms with E-state index in [4.69, 9.17) is 34.1 Å². The van der Waals surface area contributed by atoms with Crippen LogP contribution in [0, 0.1) is 5.41 Å². The fourth-order valence-corrected chi connectivity index (χ4v) is 3.82. The molecular weight excluding hydrogens is 601 g/mol. The summed E-state index contributed by atoms with van der Waals surface area (Å²) in [6, 6.07) is 6.31. The number of nitrogens with zero attached hydrogens (tertiary/aromatic N) is 3. The van der Waals surface area contributed by atoms with Gasteiger partial charge in [-0.15, -0.1) is 0 Å². The molecule has 0 atom stereocenters. The Bertz CT molecular complexity index is 1080. The largest absolute Gasteiger partial charge is 0.490 e. The van der Waals surface area contributed by atoms with Crippen molar-refractivity contribution in [2.45, 2.75) is 38.0 Å². The molecule has 4 rings (SSSR count). The van der Waals surface area contributed by atoms with Gasteiger partial charge in [-0.05, 0) is 36.7 Å². The van der Waals surface area contributed by atoms with E-state index in [1.54, 1.807) is 6.26 Å². The van der Waals surface area contributed by atoms with Crippen LogP contribution in [-0.4, -0.2) is 92.7 Å². The van der Waals surface area contributed by atoms with Crippen molar-refractivity contribution < 1.29 is 73.6 Å². The fourth-order valence-electron chi connectivity index (χ4n) is 3.82. The number of likely N-dealkylation sites (tertiary alicyclic amines) is 2. The maximum Gasteiger partial charge on any atom is 0.490 e. The van der Waals surface area contributed by atoms with Crippen LogP contribution in [0.4, 0.5) is 39.5 Å². The SMILES string of the molecule is O=C(O)C(F)(F)F.O=C(O)C(F)(F)F.O=C(O)C(F)(F)F.c1cc(CN2CCC3(C2)CN(Cc2ccoc2)C3)ccn1. The zero-order valence-electron chi connectivity index (χ0n) is 21.2. The molecule has 2 aliphatic rings. The van der Waals surface area contributed by atoms with Crippen molar-refractivity contribution in [1.82, 2.24) is 14.8 Å². The number of carboxylic acids is 3. The van der Waals surface area contributed by atoms with Crippen LogP contribution in [0.15, 0.2) is 47.5 Å². The molecule has 0 amide bonds. The van der Waals surface area contributed by atoms with Crippen LogP contribution >= 0.6 is 0 Å². The van der Waals surface area contributed by atoms with Crippen LogP contribution in [0.3, 0.4) is 0 Å². The molecule has 2 saturated heterocycles. The molecule has 2 fully saturated rings. The van der Waals surface area contributed by atoms with Gasteiger partial charge < -0.3 is 19.7 Å². The van der Waals surface area contributed by atoms with Crippen molar-refractivity contribution in [1.29, 1.82) is 0 Å². The molecule has 0 aromatic carbocycles. The molecular formula is C23H24F9N3O7. The number of carboxylic acid groups (broad SMARTS) is 3. The second-order valence-corrected chi connectivity index (χ2v) is 9.00. The van der Waals surface area contributed by atoms with Crippen LogP contribution < -0.4 is 0 Å². The average molecular weight is 625 g/mol. The third-order valence-corrected chi connectivity index (χ3v) is 5.50. The van der Waals surface area contributed by atoms with Gasteiger partial charge in [-0.2, -0.15) is 39.5 Å². The molecule has 0 aliphatic carbocycles. The van der Waals surface area contributed by atoms with Crippen molar-refractivity contribution in [3.63, 3.8) is 0 Å². The summed E-state index contributed by atoms with van der Waals surface area (Å²) in [5.41, 5.74) is 3.20. The molecule has 1 spiro atoms. The Morgan fingerprint density at radius 3 is 1.52 bits per heavy atom. The van der Waals surface area contributed by atoms with Gasteiger partial charge in [0.15, 0.2) is 0 Å². The van der Waals surface area contributed by atoms with Crippen molar-refractivity contribution in [2.24, 2.45) is 5.41 Å². The molecule has 236 valence electrons. The Labute approximate surface area is 230 Å². The minimum atomic E-state index is -5.08. The lowest BCUT2D eigenvalue weighted by atomic mass is 9.79. The van der Waals surface area contributed by atoms with Gasteiger partial charge in [0.05, 0.1) is 12.5 Å². The number of rotatable bonds is 4. The van der Waals surface area contributed by atoms with Crippen molar-refractivity contribution in [3.8, 4) is 0 Å². The Kier molecular flexibility index (Phi) is 12.8. The number of carbonyl (C=O) groups is 3. The van der Waals surface area contributed by atoms with Gasteiger partial charge in [0.1, 0.15) is 0 Å². The van der Waals surface area contributed by atoms with E-state index in [0.29, 0.717) is 5.41 Å². The summed E-state index contributed by atoms with van der Waals surface area (Å²) in [6.07, 6.45) is -6.53. The summed E-state index contributed by atoms with van der Waals surface area (Å²) in [5, 5.41) is 21.4. The first kappa shape index (κ1) is 36.2. The maximum atomic E-state index is 10.6. The summed E-state index contributed by atoms with van der Waals surface area (Å²) in [4.78, 5) is 35.9. The van der Waals surface area contributed by atoms with Crippen LogP contribution in [-0.2, 0) is 27.5 Å². The summed E-state index contributed by atoms with van der Waals surface area (Å²) in [7, 11) is 0. The quantitative estimate of drug-likeness (QED) is 0.421. The third kappa shape index (κ3) is 13.2. The molecule has 0 radical (unpaired) electrons. The first-order valence-corrected chi connectivity index (χ1v) is 11.4. The summed E-state index contributed by atoms with van der Waals surface area (Å²) >= 11 is 0. The van der Waals surface area contributed by atoms with Gasteiger partial charge in [0.25, 0.3) is 0 Å². The molecule has 19 heteroatoms. The lowest BCUT2D eigenvalue weighted by molar-refractivity contribution is -0.193. The van der Waals surface area contributed by atoms with E-state index in [9.17, 15) is 39.5 Å². The van der Waals surface area contributed by atoms with Gasteiger partial charge in [-0.25, -0.2) is 14.4 Å². The standard InChI is InChI=1S/C17H21N3O.3C2HF3O2/c1-5-18-6-2-15(1)9-19-7-4-17(12-19)13-20(14-17)10-16-3-8-21-11-16;3*3-2(4,5)1(6)7/h1-3,5-6,8,11H,4,7,9-10,12-14H2;3*(H,6,7). The predicted molar refractivity (Wildman–Crippen MR) is 122 cm³/mol. The molecule has 2 aromatic rings. The van der Waals surface area contributed by atoms with Gasteiger partial charge in [0, 0.05) is 56.1 Å². The van der Waals surface area contributed by atoms with Crippen LogP contribution in [0.1, 0.15) is 17.5 Å². The van der Waals surface area contributed by atoms with E-state index in [1.807, 2.05) is 18.7 Å². The van der Waals surface area contributed by atoms with E-state index in [0.717, 1.165) is 13.1 Å². The average Bonchev–Trinajstić information content (AvgIpc) is 3.49. The Balaban J connectivity index is 0.000000348. The second kappa shape index (κ2) is 14.9. The zero-order chi connectivity index (χ0) is 32.4. The first-order chi connectivity index (χ1) is 19.1. The molecule has 2 aliphatic heterocycles. The van der Waals surface area contributed by atoms with Crippen LogP contribution in [0.25, 0.3) is 0 Å². The lowest BCUT2D eigenvalue weighted by Gasteiger charge is -2.48. The topological polar surface area (TPSA) is 144 Å². The number of halogens is 9. The highest BCUT2D eigenvalue weighted by molar-refractivity contribution is 5.73. The second-order valence-electron chi connectivity index (χ2n) is 9.00. The summed E-state index contributed by atoms with van der Waals surface area (Å²) in [5.74, 6) is -8.27. The van der Waals surface area contributed by atoms with Crippen LogP contribution in [0.5, 0.6) is 0 Å². The molecule has 0 unspecified atom stereocenters. The van der Waals surface area contributed by atoms with E-state index in [2.05, 4.69) is 33.0 Å². The summed E-state index contributed by atoms with van der Waals surface area (Å²) < 4.78 is 100. The smallest absolute Gasteiger partial charge is 0.475 e. The monoisotopic (exact) mass is 625 g/mol. The Morgan fingerprint density at radius 1 is 0.738 bits per heavy atom. The van der Waals surface area contributed by atoms with E-state index < -0.39 is 36.4 Å². The highest BCUT2D eigenvalue weighted by atomic mass is 19.4. The molecule has 42 heavy (non-hydrogen) atoms. The van der Waals surface area contributed by atoms with E-state index >= 15 is 0 Å². The van der Waals surface area contributed by atoms with Gasteiger partial charge >= 0.3 is 36.4 Å². The Hall–Kier alpha value is -3.87. The number of pyridine rings is 1. The molecule has 0 saturated carbocycles. The zero-order valence-corrected chi connectivity index (χ0v) is 21.2. The third-order valence-electron chi connectivity index (χ3n) is 5.50. The minimum absolute atomic E-state index is 0.538. The molecule has 3 N–H and O–H groups in total. The number of aliphatic carboxylic acids is 3. The minimum Gasteiger partial charge on any atom is -0.475 e. The molecule has 4 heterocycles. The van der Waals surface area contributed by atoms with E-state index in [-0.39, 0.29) is 0 Å². The number of hydrogen-bond acceptors (Lipinski definition) is 7. The van der Waals surface area contributed by atoms with Gasteiger partial charge in [-0.3, -0.25) is 14.8 Å². The predicted octanol–water partition coefficient (Wildman–Crippen LogP) is 4.28. The van der Waals surface area contributed by atoms with E-state index in [1.165, 1.54) is 43.7 Å². The number of aromatic nitrogens is 1. The fraction of sp³-hybridized carbons (Fsp3) is 0.478. The summed E-state index contributed by atoms with van der Waals surface area (Å²) in [6.45, 7) is 7.00. The van der Waals surface area contributed by atoms with Gasteiger partial charge in [0.2, 0.25) is 0 Å². The highest BCUT2D eigenvalue weighted by Crippen LogP contribution is 2.40. The molecule has 10 nitrogen and oxygen atoms in total. The molecule has 0 bridgehead atoms. The number of hydrogen-bond donors (Lipinski definition) is 3. The van der Waals surface area contributed by atoms with Gasteiger partial charge in [-0.1, -0.05) is 0 Å². The lowest BCUT2D eigenvalue weighted by Crippen LogP contribution is -2.56. The molecule has 2 aromatic heterocycles. The Morgan fingerprint density at radius 2 is 1.14 bits per heavy atom. The normalized spacial score (nSPS) is 16.5. The first-order valence-electron chi connectivity index (χ1n) is 11.4.